The van der Waals surface area contributed by atoms with Crippen LogP contribution in [0.5, 0.6) is 0 Å². The van der Waals surface area contributed by atoms with Gasteiger partial charge in [0.25, 0.3) is 0 Å². The number of H-pyrrole nitrogens is 1. The first-order valence-electron chi connectivity index (χ1n) is 9.23. The molecule has 4 rings (SSSR count). The van der Waals surface area contributed by atoms with Gasteiger partial charge in [-0.2, -0.15) is 0 Å². The maximum Gasteiger partial charge on any atom is 0.326 e. The van der Waals surface area contributed by atoms with Crippen molar-refractivity contribution in [2.24, 2.45) is 0 Å². The zero-order chi connectivity index (χ0) is 19.5. The zero-order valence-corrected chi connectivity index (χ0v) is 15.3. The molecular weight excluding hydrogens is 354 g/mol. The van der Waals surface area contributed by atoms with E-state index in [1.807, 2.05) is 65.4 Å². The van der Waals surface area contributed by atoms with Gasteiger partial charge >= 0.3 is 5.97 Å². The number of aryl methyl sites for hydroxylation is 1. The van der Waals surface area contributed by atoms with E-state index >= 15 is 0 Å². The Balaban J connectivity index is 1.41. The molecule has 2 aromatic heterocycles. The molecule has 0 bridgehead atoms. The Morgan fingerprint density at radius 3 is 2.71 bits per heavy atom. The standard InChI is InChI=1S/C22H21N3O3/c26-21(10-12-25-11-9-15-5-1-4-8-20(15)25)24-19(22(27)28)13-16-14-23-18-7-3-2-6-17(16)18/h1-9,11,14,19,23H,10,12-13H2,(H,24,26)(H,27,28)/t19-/m0/s1. The summed E-state index contributed by atoms with van der Waals surface area (Å²) in [6.07, 6.45) is 4.20. The highest BCUT2D eigenvalue weighted by atomic mass is 16.4. The summed E-state index contributed by atoms with van der Waals surface area (Å²) >= 11 is 0. The molecule has 1 atom stereocenters. The van der Waals surface area contributed by atoms with Gasteiger partial charge in [0.05, 0.1) is 0 Å². The smallest absolute Gasteiger partial charge is 0.326 e. The topological polar surface area (TPSA) is 87.1 Å². The van der Waals surface area contributed by atoms with Crippen molar-refractivity contribution in [2.45, 2.75) is 25.4 Å². The highest BCUT2D eigenvalue weighted by Gasteiger charge is 2.21. The number of hydrogen-bond donors (Lipinski definition) is 3. The number of benzene rings is 2. The lowest BCUT2D eigenvalue weighted by molar-refractivity contribution is -0.141. The Kier molecular flexibility index (Phi) is 4.85. The summed E-state index contributed by atoms with van der Waals surface area (Å²) in [7, 11) is 0. The Morgan fingerprint density at radius 2 is 1.86 bits per heavy atom. The molecule has 0 aliphatic rings. The van der Waals surface area contributed by atoms with E-state index in [1.165, 1.54) is 0 Å². The van der Waals surface area contributed by atoms with Gasteiger partial charge in [-0.15, -0.1) is 0 Å². The highest BCUT2D eigenvalue weighted by molar-refractivity contribution is 5.87. The monoisotopic (exact) mass is 375 g/mol. The lowest BCUT2D eigenvalue weighted by atomic mass is 10.0. The van der Waals surface area contributed by atoms with Crippen LogP contribution in [0.3, 0.4) is 0 Å². The Bertz CT molecular complexity index is 1140. The number of amides is 1. The van der Waals surface area contributed by atoms with Crippen LogP contribution in [0.1, 0.15) is 12.0 Å². The van der Waals surface area contributed by atoms with Gasteiger partial charge < -0.3 is 20.0 Å². The molecule has 1 amide bonds. The summed E-state index contributed by atoms with van der Waals surface area (Å²) in [5.74, 6) is -1.31. The number of carboxylic acid groups (broad SMARTS) is 1. The second-order valence-electron chi connectivity index (χ2n) is 6.84. The molecule has 0 saturated carbocycles. The van der Waals surface area contributed by atoms with Gasteiger partial charge in [-0.1, -0.05) is 36.4 Å². The molecular formula is C22H21N3O3. The maximum atomic E-state index is 12.4. The van der Waals surface area contributed by atoms with Crippen molar-refractivity contribution in [1.82, 2.24) is 14.9 Å². The zero-order valence-electron chi connectivity index (χ0n) is 15.3. The van der Waals surface area contributed by atoms with Crippen molar-refractivity contribution in [3.05, 3.63) is 72.6 Å². The molecule has 2 heterocycles. The fourth-order valence-electron chi connectivity index (χ4n) is 3.54. The van der Waals surface area contributed by atoms with Crippen LogP contribution in [0.25, 0.3) is 21.8 Å². The fraction of sp³-hybridized carbons (Fsp3) is 0.182. The van der Waals surface area contributed by atoms with Crippen LogP contribution in [0, 0.1) is 0 Å². The SMILES string of the molecule is O=C(CCn1ccc2ccccc21)N[C@@H](Cc1c[nH]c2ccccc12)C(=O)O. The molecule has 0 fully saturated rings. The average Bonchev–Trinajstić information content (AvgIpc) is 3.30. The van der Waals surface area contributed by atoms with Gasteiger partial charge in [0.15, 0.2) is 0 Å². The Labute approximate surface area is 161 Å². The minimum Gasteiger partial charge on any atom is -0.480 e. The molecule has 6 nitrogen and oxygen atoms in total. The van der Waals surface area contributed by atoms with Crippen molar-refractivity contribution < 1.29 is 14.7 Å². The Hall–Kier alpha value is -3.54. The van der Waals surface area contributed by atoms with Gasteiger partial charge in [0, 0.05) is 48.2 Å². The number of rotatable bonds is 7. The van der Waals surface area contributed by atoms with Crippen LogP contribution in [-0.2, 0) is 22.6 Å². The molecule has 0 saturated heterocycles. The molecule has 2 aromatic carbocycles. The molecule has 3 N–H and O–H groups in total. The van der Waals surface area contributed by atoms with E-state index in [0.29, 0.717) is 6.54 Å². The van der Waals surface area contributed by atoms with Gasteiger partial charge in [0.2, 0.25) is 5.91 Å². The minimum absolute atomic E-state index is 0.219. The van der Waals surface area contributed by atoms with Crippen molar-refractivity contribution in [1.29, 1.82) is 0 Å². The number of nitrogens with one attached hydrogen (secondary N) is 2. The third kappa shape index (κ3) is 3.62. The van der Waals surface area contributed by atoms with E-state index in [1.54, 1.807) is 6.20 Å². The molecule has 0 radical (unpaired) electrons. The second-order valence-corrected chi connectivity index (χ2v) is 6.84. The van der Waals surface area contributed by atoms with E-state index in [4.69, 9.17) is 0 Å². The summed E-state index contributed by atoms with van der Waals surface area (Å²) in [6.45, 7) is 0.499. The van der Waals surface area contributed by atoms with Crippen molar-refractivity contribution in [3.8, 4) is 0 Å². The van der Waals surface area contributed by atoms with E-state index in [0.717, 1.165) is 27.4 Å². The third-order valence-electron chi connectivity index (χ3n) is 4.99. The second kappa shape index (κ2) is 7.60. The first kappa shape index (κ1) is 17.9. The molecule has 4 aromatic rings. The third-order valence-corrected chi connectivity index (χ3v) is 4.99. The number of carboxylic acids is 1. The van der Waals surface area contributed by atoms with Crippen LogP contribution < -0.4 is 5.32 Å². The van der Waals surface area contributed by atoms with Crippen molar-refractivity contribution in [3.63, 3.8) is 0 Å². The largest absolute Gasteiger partial charge is 0.480 e. The van der Waals surface area contributed by atoms with E-state index < -0.39 is 12.0 Å². The van der Waals surface area contributed by atoms with E-state index in [9.17, 15) is 14.7 Å². The highest BCUT2D eigenvalue weighted by Crippen LogP contribution is 2.19. The molecule has 0 unspecified atom stereocenters. The van der Waals surface area contributed by atoms with Crippen molar-refractivity contribution >= 4 is 33.7 Å². The Morgan fingerprint density at radius 1 is 1.07 bits per heavy atom. The van der Waals surface area contributed by atoms with Gasteiger partial charge in [-0.3, -0.25) is 4.79 Å². The number of nitrogens with zero attached hydrogens (tertiary/aromatic N) is 1. The number of aromatic amines is 1. The number of fused-ring (bicyclic) bond motifs is 2. The van der Waals surface area contributed by atoms with Crippen LogP contribution >= 0.6 is 0 Å². The van der Waals surface area contributed by atoms with Gasteiger partial charge in [0.1, 0.15) is 6.04 Å². The lowest BCUT2D eigenvalue weighted by Gasteiger charge is -2.14. The molecule has 28 heavy (non-hydrogen) atoms. The predicted molar refractivity (Wildman–Crippen MR) is 108 cm³/mol. The fourth-order valence-corrected chi connectivity index (χ4v) is 3.54. The number of carbonyl (C=O) groups is 2. The van der Waals surface area contributed by atoms with Gasteiger partial charge in [-0.05, 0) is 29.1 Å². The molecule has 6 heteroatoms. The summed E-state index contributed by atoms with van der Waals surface area (Å²) in [5, 5.41) is 14.3. The van der Waals surface area contributed by atoms with Crippen LogP contribution in [-0.4, -0.2) is 32.6 Å². The van der Waals surface area contributed by atoms with Crippen LogP contribution in [0.15, 0.2) is 67.0 Å². The number of aliphatic carboxylic acids is 1. The maximum absolute atomic E-state index is 12.4. The van der Waals surface area contributed by atoms with E-state index in [-0.39, 0.29) is 18.7 Å². The first-order valence-corrected chi connectivity index (χ1v) is 9.23. The van der Waals surface area contributed by atoms with Crippen molar-refractivity contribution in [2.75, 3.05) is 0 Å². The summed E-state index contributed by atoms with van der Waals surface area (Å²) in [6, 6.07) is 16.7. The lowest BCUT2D eigenvalue weighted by Crippen LogP contribution is -2.42. The minimum atomic E-state index is -1.04. The quantitative estimate of drug-likeness (QED) is 0.463. The average molecular weight is 375 g/mol. The normalized spacial score (nSPS) is 12.3. The number of hydrogen-bond acceptors (Lipinski definition) is 2. The van der Waals surface area contributed by atoms with Crippen LogP contribution in [0.2, 0.25) is 0 Å². The number of carbonyl (C=O) groups excluding carboxylic acids is 1. The molecule has 0 aliphatic carbocycles. The summed E-state index contributed by atoms with van der Waals surface area (Å²) < 4.78 is 2.00. The van der Waals surface area contributed by atoms with Gasteiger partial charge in [-0.25, -0.2) is 4.79 Å². The van der Waals surface area contributed by atoms with E-state index in [2.05, 4.69) is 10.3 Å². The molecule has 142 valence electrons. The number of aromatic nitrogens is 2. The predicted octanol–water partition coefficient (Wildman–Crippen LogP) is 3.32. The summed E-state index contributed by atoms with van der Waals surface area (Å²) in [4.78, 5) is 27.2. The first-order chi connectivity index (χ1) is 13.6. The molecule has 0 spiro atoms. The summed E-state index contributed by atoms with van der Waals surface area (Å²) in [5.41, 5.74) is 2.89. The molecule has 0 aliphatic heterocycles. The van der Waals surface area contributed by atoms with Crippen LogP contribution in [0.4, 0.5) is 0 Å². The number of para-hydroxylation sites is 2.